The molecule has 0 atom stereocenters. The molecule has 3 aromatic rings. The molecule has 0 amide bonds. The second-order valence-electron chi connectivity index (χ2n) is 5.02. The molecule has 0 unspecified atom stereocenters. The van der Waals surface area contributed by atoms with Gasteiger partial charge >= 0.3 is 0 Å². The van der Waals surface area contributed by atoms with Gasteiger partial charge in [0.05, 0.1) is 12.1 Å². The molecule has 0 radical (unpaired) electrons. The van der Waals surface area contributed by atoms with E-state index in [-0.39, 0.29) is 5.56 Å². The molecule has 2 aromatic heterocycles. The second-order valence-corrected chi connectivity index (χ2v) is 5.02. The van der Waals surface area contributed by atoms with Gasteiger partial charge in [0.1, 0.15) is 11.4 Å². The van der Waals surface area contributed by atoms with Crippen LogP contribution in [0.5, 0.6) is 0 Å². The van der Waals surface area contributed by atoms with Gasteiger partial charge in [0, 0.05) is 11.5 Å². The molecule has 0 aliphatic rings. The normalized spacial score (nSPS) is 11.2. The number of para-hydroxylation sites is 1. The smallest absolute Gasteiger partial charge is 0.251 e. The van der Waals surface area contributed by atoms with Crippen molar-refractivity contribution in [3.05, 3.63) is 57.1 Å². The lowest BCUT2D eigenvalue weighted by atomic mass is 10.1. The van der Waals surface area contributed by atoms with Gasteiger partial charge in [-0.25, -0.2) is 4.63 Å². The Labute approximate surface area is 115 Å². The molecular weight excluding hydrogens is 254 g/mol. The minimum atomic E-state index is -0.0355. The maximum absolute atomic E-state index is 12.3. The summed E-state index contributed by atoms with van der Waals surface area (Å²) >= 11 is 0. The van der Waals surface area contributed by atoms with Crippen LogP contribution in [0.4, 0.5) is 0 Å². The lowest BCUT2D eigenvalue weighted by Gasteiger charge is -2.13. The van der Waals surface area contributed by atoms with Crippen LogP contribution in [0.25, 0.3) is 10.9 Å². The van der Waals surface area contributed by atoms with Gasteiger partial charge in [-0.1, -0.05) is 28.5 Å². The maximum Gasteiger partial charge on any atom is 0.251 e. The molecule has 5 heteroatoms. The summed E-state index contributed by atoms with van der Waals surface area (Å²) in [5.74, 6) is 0. The Morgan fingerprint density at radius 1 is 1.15 bits per heavy atom. The van der Waals surface area contributed by atoms with Crippen molar-refractivity contribution in [2.75, 3.05) is 0 Å². The van der Waals surface area contributed by atoms with Crippen molar-refractivity contribution in [1.82, 2.24) is 14.9 Å². The van der Waals surface area contributed by atoms with E-state index in [0.717, 1.165) is 22.0 Å². The van der Waals surface area contributed by atoms with Crippen LogP contribution in [-0.4, -0.2) is 14.9 Å². The average molecular weight is 269 g/mol. The fourth-order valence-corrected chi connectivity index (χ4v) is 2.49. The maximum atomic E-state index is 12.3. The van der Waals surface area contributed by atoms with Gasteiger partial charge in [-0.15, -0.1) is 0 Å². The fourth-order valence-electron chi connectivity index (χ4n) is 2.49. The number of rotatable bonds is 2. The van der Waals surface area contributed by atoms with Gasteiger partial charge in [0.2, 0.25) is 0 Å². The van der Waals surface area contributed by atoms with Gasteiger partial charge in [-0.05, 0) is 31.9 Å². The third-order valence-electron chi connectivity index (χ3n) is 3.59. The number of aryl methyl sites for hydroxylation is 3. The van der Waals surface area contributed by atoms with Crippen LogP contribution < -0.4 is 5.56 Å². The monoisotopic (exact) mass is 269 g/mol. The number of pyridine rings is 1. The zero-order chi connectivity index (χ0) is 14.3. The summed E-state index contributed by atoms with van der Waals surface area (Å²) in [6.07, 6.45) is 0. The van der Waals surface area contributed by atoms with E-state index < -0.39 is 0 Å². The van der Waals surface area contributed by atoms with Crippen LogP contribution in [0.15, 0.2) is 33.7 Å². The van der Waals surface area contributed by atoms with Crippen LogP contribution in [0.2, 0.25) is 0 Å². The Morgan fingerprint density at radius 3 is 2.65 bits per heavy atom. The van der Waals surface area contributed by atoms with E-state index in [2.05, 4.69) is 10.3 Å². The molecule has 20 heavy (non-hydrogen) atoms. The lowest BCUT2D eigenvalue weighted by Crippen LogP contribution is -2.22. The summed E-state index contributed by atoms with van der Waals surface area (Å²) in [5.41, 5.74) is 4.35. The van der Waals surface area contributed by atoms with E-state index in [4.69, 9.17) is 4.63 Å². The molecule has 102 valence electrons. The summed E-state index contributed by atoms with van der Waals surface area (Å²) in [4.78, 5) is 12.3. The third kappa shape index (κ3) is 1.91. The Balaban J connectivity index is 2.30. The van der Waals surface area contributed by atoms with Gasteiger partial charge in [-0.2, -0.15) is 0 Å². The topological polar surface area (TPSA) is 60.9 Å². The summed E-state index contributed by atoms with van der Waals surface area (Å²) < 4.78 is 6.43. The summed E-state index contributed by atoms with van der Waals surface area (Å²) in [7, 11) is 0. The highest BCUT2D eigenvalue weighted by molar-refractivity contribution is 5.85. The second kappa shape index (κ2) is 4.59. The van der Waals surface area contributed by atoms with E-state index in [1.54, 1.807) is 10.6 Å². The Bertz CT molecular complexity index is 846. The molecule has 0 fully saturated rings. The van der Waals surface area contributed by atoms with Crippen molar-refractivity contribution in [2.24, 2.45) is 0 Å². The predicted molar refractivity (Wildman–Crippen MR) is 75.8 cm³/mol. The summed E-state index contributed by atoms with van der Waals surface area (Å²) in [6.45, 7) is 6.15. The standard InChI is InChI=1S/C15H15N3O2/c1-9-5-4-6-12-10(2)7-14(19)18(15(9)12)8-13-11(3)16-20-17-13/h4-7H,8H2,1-3H3. The van der Waals surface area contributed by atoms with E-state index in [1.807, 2.05) is 39.0 Å². The van der Waals surface area contributed by atoms with E-state index in [9.17, 15) is 4.79 Å². The molecule has 2 heterocycles. The first kappa shape index (κ1) is 12.6. The fraction of sp³-hybridized carbons (Fsp3) is 0.267. The molecule has 0 spiro atoms. The van der Waals surface area contributed by atoms with Crippen LogP contribution in [0.3, 0.4) is 0 Å². The molecule has 0 saturated carbocycles. The molecule has 3 rings (SSSR count). The van der Waals surface area contributed by atoms with Crippen molar-refractivity contribution in [3.63, 3.8) is 0 Å². The van der Waals surface area contributed by atoms with Crippen molar-refractivity contribution in [1.29, 1.82) is 0 Å². The van der Waals surface area contributed by atoms with Gasteiger partial charge in [0.25, 0.3) is 5.56 Å². The minimum absolute atomic E-state index is 0.0355. The predicted octanol–water partition coefficient (Wildman–Crippen LogP) is 2.36. The molecule has 0 bridgehead atoms. The molecular formula is C15H15N3O2. The van der Waals surface area contributed by atoms with Crippen LogP contribution in [-0.2, 0) is 6.54 Å². The Kier molecular flexibility index (Phi) is 2.89. The van der Waals surface area contributed by atoms with Crippen molar-refractivity contribution < 1.29 is 4.63 Å². The first-order chi connectivity index (χ1) is 9.58. The molecule has 0 aliphatic heterocycles. The van der Waals surface area contributed by atoms with Gasteiger partial charge < -0.3 is 4.57 Å². The van der Waals surface area contributed by atoms with Crippen molar-refractivity contribution >= 4 is 10.9 Å². The zero-order valence-corrected chi connectivity index (χ0v) is 11.7. The minimum Gasteiger partial charge on any atom is -0.302 e. The summed E-state index contributed by atoms with van der Waals surface area (Å²) in [5, 5.41) is 8.71. The van der Waals surface area contributed by atoms with Crippen LogP contribution in [0, 0.1) is 20.8 Å². The Morgan fingerprint density at radius 2 is 1.95 bits per heavy atom. The number of aromatic nitrogens is 3. The Hall–Kier alpha value is -2.43. The average Bonchev–Trinajstić information content (AvgIpc) is 2.80. The molecule has 0 aliphatic carbocycles. The van der Waals surface area contributed by atoms with Crippen molar-refractivity contribution in [3.8, 4) is 0 Å². The molecule has 0 N–H and O–H groups in total. The molecule has 5 nitrogen and oxygen atoms in total. The van der Waals surface area contributed by atoms with E-state index >= 15 is 0 Å². The van der Waals surface area contributed by atoms with Crippen LogP contribution >= 0.6 is 0 Å². The molecule has 0 saturated heterocycles. The van der Waals surface area contributed by atoms with E-state index in [1.165, 1.54) is 0 Å². The van der Waals surface area contributed by atoms with E-state index in [0.29, 0.717) is 17.9 Å². The molecule has 1 aromatic carbocycles. The number of benzene rings is 1. The van der Waals surface area contributed by atoms with Crippen LogP contribution in [0.1, 0.15) is 22.5 Å². The van der Waals surface area contributed by atoms with Crippen molar-refractivity contribution in [2.45, 2.75) is 27.3 Å². The SMILES string of the molecule is Cc1nonc1Cn1c(=O)cc(C)c2cccc(C)c21. The highest BCUT2D eigenvalue weighted by atomic mass is 16.6. The van der Waals surface area contributed by atoms with Gasteiger partial charge in [0.15, 0.2) is 0 Å². The highest BCUT2D eigenvalue weighted by Gasteiger charge is 2.12. The first-order valence-electron chi connectivity index (χ1n) is 6.45. The quantitative estimate of drug-likeness (QED) is 0.716. The number of nitrogens with zero attached hydrogens (tertiary/aromatic N) is 3. The largest absolute Gasteiger partial charge is 0.302 e. The highest BCUT2D eigenvalue weighted by Crippen LogP contribution is 2.20. The zero-order valence-electron chi connectivity index (χ0n) is 11.7. The lowest BCUT2D eigenvalue weighted by molar-refractivity contribution is 0.300. The number of hydrogen-bond acceptors (Lipinski definition) is 4. The summed E-state index contributed by atoms with van der Waals surface area (Å²) in [6, 6.07) is 7.69. The third-order valence-corrected chi connectivity index (χ3v) is 3.59. The first-order valence-corrected chi connectivity index (χ1v) is 6.45. The number of fused-ring (bicyclic) bond motifs is 1. The number of hydrogen-bond donors (Lipinski definition) is 0. The van der Waals surface area contributed by atoms with Gasteiger partial charge in [-0.3, -0.25) is 4.79 Å².